The van der Waals surface area contributed by atoms with Gasteiger partial charge in [-0.3, -0.25) is 4.79 Å². The number of carbonyl (C=O) groups excluding carboxylic acids is 1. The summed E-state index contributed by atoms with van der Waals surface area (Å²) in [5, 5.41) is 6.13. The quantitative estimate of drug-likeness (QED) is 0.860. The van der Waals surface area contributed by atoms with Crippen LogP contribution in [0, 0.1) is 0 Å². The van der Waals surface area contributed by atoms with Gasteiger partial charge < -0.3 is 14.2 Å². The molecule has 1 fully saturated rings. The lowest BCUT2D eigenvalue weighted by Gasteiger charge is -2.25. The van der Waals surface area contributed by atoms with Gasteiger partial charge in [0.1, 0.15) is 6.10 Å². The molecule has 0 radical (unpaired) electrons. The van der Waals surface area contributed by atoms with Gasteiger partial charge in [0.05, 0.1) is 19.6 Å². The predicted molar refractivity (Wildman–Crippen MR) is 84.0 cm³/mol. The van der Waals surface area contributed by atoms with Gasteiger partial charge in [-0.15, -0.1) is 11.3 Å². The van der Waals surface area contributed by atoms with Crippen LogP contribution in [0.5, 0.6) is 0 Å². The number of hydrogen-bond donors (Lipinski definition) is 0. The Balaban J connectivity index is 1.42. The molecular formula is C16H19N3O3S. The van der Waals surface area contributed by atoms with E-state index in [1.807, 2.05) is 4.90 Å². The number of thiophene rings is 1. The summed E-state index contributed by atoms with van der Waals surface area (Å²) in [4.78, 5) is 19.4. The number of aromatic nitrogens is 2. The molecule has 2 aromatic heterocycles. The maximum atomic E-state index is 11.9. The lowest BCUT2D eigenvalue weighted by molar-refractivity contribution is -0.134. The Morgan fingerprint density at radius 3 is 3.22 bits per heavy atom. The van der Waals surface area contributed by atoms with E-state index >= 15 is 0 Å². The molecule has 2 aromatic rings. The molecule has 23 heavy (non-hydrogen) atoms. The highest BCUT2D eigenvalue weighted by atomic mass is 32.1. The number of fused-ring (bicyclic) bond motifs is 1. The molecule has 1 amide bonds. The van der Waals surface area contributed by atoms with E-state index in [4.69, 9.17) is 9.26 Å². The van der Waals surface area contributed by atoms with Crippen molar-refractivity contribution in [1.29, 1.82) is 0 Å². The van der Waals surface area contributed by atoms with Gasteiger partial charge in [-0.25, -0.2) is 0 Å². The molecule has 1 unspecified atom stereocenters. The Morgan fingerprint density at radius 1 is 1.35 bits per heavy atom. The normalized spacial score (nSPS) is 21.5. The van der Waals surface area contributed by atoms with Crippen molar-refractivity contribution in [2.75, 3.05) is 13.2 Å². The molecule has 0 spiro atoms. The van der Waals surface area contributed by atoms with Gasteiger partial charge in [-0.2, -0.15) is 4.98 Å². The summed E-state index contributed by atoms with van der Waals surface area (Å²) in [6, 6.07) is 2.16. The van der Waals surface area contributed by atoms with Crippen LogP contribution in [0.4, 0.5) is 0 Å². The fraction of sp³-hybridized carbons (Fsp3) is 0.562. The molecule has 0 aromatic carbocycles. The molecule has 2 aliphatic heterocycles. The third-order valence-corrected chi connectivity index (χ3v) is 5.44. The highest BCUT2D eigenvalue weighted by Gasteiger charge is 2.25. The molecule has 7 heteroatoms. The third kappa shape index (κ3) is 3.16. The van der Waals surface area contributed by atoms with Crippen LogP contribution in [-0.2, 0) is 28.9 Å². The monoisotopic (exact) mass is 333 g/mol. The molecule has 4 rings (SSSR count). The van der Waals surface area contributed by atoms with Crippen molar-refractivity contribution in [3.8, 4) is 0 Å². The molecule has 122 valence electrons. The first-order valence-corrected chi connectivity index (χ1v) is 8.94. The van der Waals surface area contributed by atoms with E-state index in [0.29, 0.717) is 31.1 Å². The SMILES string of the molecule is O=C1CCCCN1Cc1noc(CC2OCCc3ccsc32)n1. The van der Waals surface area contributed by atoms with E-state index in [-0.39, 0.29) is 12.0 Å². The number of nitrogens with zero attached hydrogens (tertiary/aromatic N) is 3. The summed E-state index contributed by atoms with van der Waals surface area (Å²) < 4.78 is 11.2. The number of amides is 1. The molecule has 4 heterocycles. The van der Waals surface area contributed by atoms with Crippen LogP contribution in [0.15, 0.2) is 16.0 Å². The molecule has 0 bridgehead atoms. The van der Waals surface area contributed by atoms with Gasteiger partial charge in [-0.1, -0.05) is 5.16 Å². The van der Waals surface area contributed by atoms with Gasteiger partial charge in [0.2, 0.25) is 11.8 Å². The van der Waals surface area contributed by atoms with Gasteiger partial charge in [-0.05, 0) is 36.3 Å². The van der Waals surface area contributed by atoms with Gasteiger partial charge in [0.25, 0.3) is 0 Å². The predicted octanol–water partition coefficient (Wildman–Crippen LogP) is 2.50. The van der Waals surface area contributed by atoms with Crippen molar-refractivity contribution in [1.82, 2.24) is 15.0 Å². The molecular weight excluding hydrogens is 314 g/mol. The fourth-order valence-electron chi connectivity index (χ4n) is 3.17. The van der Waals surface area contributed by atoms with Crippen LogP contribution in [-0.4, -0.2) is 34.1 Å². The first kappa shape index (κ1) is 14.8. The summed E-state index contributed by atoms with van der Waals surface area (Å²) in [7, 11) is 0. The number of hydrogen-bond acceptors (Lipinski definition) is 6. The Hall–Kier alpha value is -1.73. The zero-order valence-corrected chi connectivity index (χ0v) is 13.7. The van der Waals surface area contributed by atoms with E-state index in [0.717, 1.165) is 32.4 Å². The first-order chi connectivity index (χ1) is 11.3. The Morgan fingerprint density at radius 2 is 2.30 bits per heavy atom. The van der Waals surface area contributed by atoms with E-state index < -0.39 is 0 Å². The zero-order chi connectivity index (χ0) is 15.6. The standard InChI is InChI=1S/C16H19N3O3S/c20-15-3-1-2-6-19(15)10-13-17-14(22-18-13)9-12-16-11(4-7-21-12)5-8-23-16/h5,8,12H,1-4,6-7,9-10H2. The molecule has 1 atom stereocenters. The maximum Gasteiger partial charge on any atom is 0.229 e. The van der Waals surface area contributed by atoms with Crippen LogP contribution >= 0.6 is 11.3 Å². The molecule has 0 N–H and O–H groups in total. The van der Waals surface area contributed by atoms with Crippen LogP contribution in [0.25, 0.3) is 0 Å². The zero-order valence-electron chi connectivity index (χ0n) is 12.9. The molecule has 0 saturated carbocycles. The minimum absolute atomic E-state index is 0.00340. The van der Waals surface area contributed by atoms with Gasteiger partial charge in [0, 0.05) is 17.8 Å². The average molecular weight is 333 g/mol. The second-order valence-electron chi connectivity index (χ2n) is 6.00. The minimum Gasteiger partial charge on any atom is -0.372 e. The van der Waals surface area contributed by atoms with Crippen molar-refractivity contribution in [3.05, 3.63) is 33.6 Å². The average Bonchev–Trinajstić information content (AvgIpc) is 3.19. The fourth-order valence-corrected chi connectivity index (χ4v) is 4.17. The summed E-state index contributed by atoms with van der Waals surface area (Å²) in [5.41, 5.74) is 1.37. The number of ether oxygens (including phenoxy) is 1. The maximum absolute atomic E-state index is 11.9. The van der Waals surface area contributed by atoms with Crippen LogP contribution in [0.3, 0.4) is 0 Å². The highest BCUT2D eigenvalue weighted by molar-refractivity contribution is 7.10. The van der Waals surface area contributed by atoms with Crippen molar-refractivity contribution in [2.45, 2.75) is 44.8 Å². The van der Waals surface area contributed by atoms with E-state index in [2.05, 4.69) is 21.6 Å². The van der Waals surface area contributed by atoms with Crippen molar-refractivity contribution in [2.24, 2.45) is 0 Å². The lowest BCUT2D eigenvalue weighted by atomic mass is 10.1. The molecule has 0 aliphatic carbocycles. The summed E-state index contributed by atoms with van der Waals surface area (Å²) in [6.45, 7) is 1.96. The Kier molecular flexibility index (Phi) is 4.13. The number of rotatable bonds is 4. The smallest absolute Gasteiger partial charge is 0.229 e. The minimum atomic E-state index is 0.00340. The van der Waals surface area contributed by atoms with Gasteiger partial charge >= 0.3 is 0 Å². The van der Waals surface area contributed by atoms with Crippen LogP contribution in [0.2, 0.25) is 0 Å². The second-order valence-corrected chi connectivity index (χ2v) is 6.95. The topological polar surface area (TPSA) is 68.5 Å². The van der Waals surface area contributed by atoms with Crippen LogP contribution < -0.4 is 0 Å². The Bertz CT molecular complexity index is 696. The summed E-state index contributed by atoms with van der Waals surface area (Å²) >= 11 is 1.72. The number of carbonyl (C=O) groups is 1. The largest absolute Gasteiger partial charge is 0.372 e. The number of piperidine rings is 1. The Labute approximate surface area is 138 Å². The van der Waals surface area contributed by atoms with Crippen molar-refractivity contribution >= 4 is 17.2 Å². The third-order valence-electron chi connectivity index (χ3n) is 4.39. The summed E-state index contributed by atoms with van der Waals surface area (Å²) in [5.74, 6) is 1.34. The van der Waals surface area contributed by atoms with Crippen molar-refractivity contribution < 1.29 is 14.1 Å². The van der Waals surface area contributed by atoms with Gasteiger partial charge in [0.15, 0.2) is 5.82 Å². The molecule has 2 aliphatic rings. The second kappa shape index (κ2) is 6.41. The lowest BCUT2D eigenvalue weighted by Crippen LogP contribution is -2.34. The van der Waals surface area contributed by atoms with Crippen LogP contribution in [0.1, 0.15) is 47.5 Å². The van der Waals surface area contributed by atoms with Crippen molar-refractivity contribution in [3.63, 3.8) is 0 Å². The van der Waals surface area contributed by atoms with E-state index in [1.54, 1.807) is 11.3 Å². The molecule has 1 saturated heterocycles. The van der Waals surface area contributed by atoms with E-state index in [9.17, 15) is 4.79 Å². The van der Waals surface area contributed by atoms with E-state index in [1.165, 1.54) is 10.4 Å². The first-order valence-electron chi connectivity index (χ1n) is 8.07. The highest BCUT2D eigenvalue weighted by Crippen LogP contribution is 2.33. The number of likely N-dealkylation sites (tertiary alicyclic amines) is 1. The summed E-state index contributed by atoms with van der Waals surface area (Å²) in [6.07, 6.45) is 4.23. The molecule has 6 nitrogen and oxygen atoms in total.